The van der Waals surface area contributed by atoms with Crippen molar-refractivity contribution in [3.8, 4) is 5.75 Å². The van der Waals surface area contributed by atoms with E-state index in [4.69, 9.17) is 4.74 Å². The summed E-state index contributed by atoms with van der Waals surface area (Å²) in [4.78, 5) is 31.2. The van der Waals surface area contributed by atoms with Gasteiger partial charge in [-0.2, -0.15) is 0 Å². The van der Waals surface area contributed by atoms with Crippen LogP contribution in [0.4, 0.5) is 5.69 Å². The van der Waals surface area contributed by atoms with Crippen LogP contribution in [-0.2, 0) is 9.59 Å². The van der Waals surface area contributed by atoms with Gasteiger partial charge in [-0.05, 0) is 41.8 Å². The predicted molar refractivity (Wildman–Crippen MR) is 111 cm³/mol. The Morgan fingerprint density at radius 2 is 1.71 bits per heavy atom. The molecule has 28 heavy (non-hydrogen) atoms. The average molecular weight is 397 g/mol. The molecule has 0 radical (unpaired) electrons. The summed E-state index contributed by atoms with van der Waals surface area (Å²) in [5.41, 5.74) is 1.52. The molecular weight excluding hydrogens is 372 g/mol. The smallest absolute Gasteiger partial charge is 0.282 e. The van der Waals surface area contributed by atoms with Crippen LogP contribution in [0.15, 0.2) is 47.5 Å². The quantitative estimate of drug-likeness (QED) is 0.733. The summed E-state index contributed by atoms with van der Waals surface area (Å²) < 4.78 is 5.42. The van der Waals surface area contributed by atoms with Gasteiger partial charge in [0.05, 0.1) is 18.4 Å². The fraction of sp³-hybridized carbons (Fsp3) is 0.364. The lowest BCUT2D eigenvalue weighted by Gasteiger charge is -2.37. The van der Waals surface area contributed by atoms with Gasteiger partial charge in [0.15, 0.2) is 0 Å². The summed E-state index contributed by atoms with van der Waals surface area (Å²) in [6, 6.07) is 11.0. The molecule has 2 aliphatic rings. The number of imide groups is 1. The lowest BCUT2D eigenvalue weighted by molar-refractivity contribution is -0.120. The highest BCUT2D eigenvalue weighted by Gasteiger charge is 2.44. The number of hydrogen-bond acceptors (Lipinski definition) is 5. The number of likely N-dealkylation sites (tertiary alicyclic amines) is 1. The number of thiophene rings is 1. The third-order valence-corrected chi connectivity index (χ3v) is 6.23. The lowest BCUT2D eigenvalue weighted by atomic mass is 9.91. The number of benzene rings is 1. The van der Waals surface area contributed by atoms with Gasteiger partial charge in [0.1, 0.15) is 11.4 Å². The topological polar surface area (TPSA) is 49.9 Å². The number of hydrogen-bond donors (Lipinski definition) is 0. The second kappa shape index (κ2) is 7.43. The zero-order valence-electron chi connectivity index (χ0n) is 16.3. The number of anilines is 1. The third kappa shape index (κ3) is 3.11. The van der Waals surface area contributed by atoms with E-state index in [2.05, 4.69) is 18.7 Å². The van der Waals surface area contributed by atoms with Crippen LogP contribution in [0.2, 0.25) is 0 Å². The molecule has 5 nitrogen and oxygen atoms in total. The van der Waals surface area contributed by atoms with Crippen molar-refractivity contribution in [2.45, 2.75) is 20.3 Å². The molecule has 2 aliphatic heterocycles. The Morgan fingerprint density at radius 1 is 1.00 bits per heavy atom. The van der Waals surface area contributed by atoms with Crippen LogP contribution in [0.3, 0.4) is 0 Å². The number of carbonyl (C=O) groups excluding carboxylic acids is 2. The molecule has 2 unspecified atom stereocenters. The first-order chi connectivity index (χ1) is 13.5. The number of amides is 2. The van der Waals surface area contributed by atoms with Crippen molar-refractivity contribution in [2.24, 2.45) is 11.8 Å². The summed E-state index contributed by atoms with van der Waals surface area (Å²) in [7, 11) is 1.55. The minimum Gasteiger partial charge on any atom is -0.495 e. The second-order valence-electron chi connectivity index (χ2n) is 7.67. The maximum Gasteiger partial charge on any atom is 0.282 e. The van der Waals surface area contributed by atoms with Gasteiger partial charge in [-0.15, -0.1) is 11.3 Å². The van der Waals surface area contributed by atoms with E-state index < -0.39 is 0 Å². The molecular formula is C22H24N2O3S. The zero-order chi connectivity index (χ0) is 19.8. The van der Waals surface area contributed by atoms with Crippen molar-refractivity contribution in [3.63, 3.8) is 0 Å². The summed E-state index contributed by atoms with van der Waals surface area (Å²) >= 11 is 1.49. The number of methoxy groups -OCH3 is 1. The molecule has 0 aliphatic carbocycles. The Balaban J connectivity index is 1.83. The standard InChI is InChI=1S/C22H24N2O3S/c1-14-11-15(2)13-23(12-14)20-19(18-9-6-10-28-18)21(25)24(22(20)26)16-7-4-5-8-17(16)27-3/h4-10,14-15H,11-13H2,1-3H3. The van der Waals surface area contributed by atoms with Crippen LogP contribution in [0.25, 0.3) is 5.57 Å². The van der Waals surface area contributed by atoms with Gasteiger partial charge in [0, 0.05) is 18.0 Å². The maximum atomic E-state index is 13.6. The number of ether oxygens (including phenoxy) is 1. The van der Waals surface area contributed by atoms with Crippen molar-refractivity contribution >= 4 is 34.4 Å². The summed E-state index contributed by atoms with van der Waals surface area (Å²) in [6.45, 7) is 5.97. The molecule has 146 valence electrons. The monoisotopic (exact) mass is 396 g/mol. The van der Waals surface area contributed by atoms with Gasteiger partial charge >= 0.3 is 0 Å². The Kier molecular flexibility index (Phi) is 4.98. The van der Waals surface area contributed by atoms with E-state index in [9.17, 15) is 9.59 Å². The van der Waals surface area contributed by atoms with Gasteiger partial charge in [-0.3, -0.25) is 9.59 Å². The van der Waals surface area contributed by atoms with Gasteiger partial charge < -0.3 is 9.64 Å². The van der Waals surface area contributed by atoms with Crippen molar-refractivity contribution in [1.29, 1.82) is 0 Å². The number of rotatable bonds is 4. The summed E-state index contributed by atoms with van der Waals surface area (Å²) in [6.07, 6.45) is 1.14. The van der Waals surface area contributed by atoms with Crippen molar-refractivity contribution < 1.29 is 14.3 Å². The minimum atomic E-state index is -0.280. The van der Waals surface area contributed by atoms with E-state index in [0.717, 1.165) is 24.4 Å². The molecule has 6 heteroatoms. The Morgan fingerprint density at radius 3 is 2.36 bits per heavy atom. The molecule has 0 bridgehead atoms. The molecule has 1 aromatic carbocycles. The van der Waals surface area contributed by atoms with E-state index in [1.807, 2.05) is 29.6 Å². The number of para-hydroxylation sites is 2. The Hall–Kier alpha value is -2.60. The SMILES string of the molecule is COc1ccccc1N1C(=O)C(c2cccs2)=C(N2CC(C)CC(C)C2)C1=O. The molecule has 2 atom stereocenters. The third-order valence-electron chi connectivity index (χ3n) is 5.34. The normalized spacial score (nSPS) is 23.0. The van der Waals surface area contributed by atoms with Gasteiger partial charge in [0.2, 0.25) is 0 Å². The van der Waals surface area contributed by atoms with Crippen LogP contribution < -0.4 is 9.64 Å². The Labute approximate surface area is 169 Å². The van der Waals surface area contributed by atoms with E-state index in [0.29, 0.717) is 34.5 Å². The van der Waals surface area contributed by atoms with Crippen LogP contribution in [0.1, 0.15) is 25.1 Å². The van der Waals surface area contributed by atoms with Crippen molar-refractivity contribution in [3.05, 3.63) is 52.4 Å². The minimum absolute atomic E-state index is 0.265. The highest BCUT2D eigenvalue weighted by molar-refractivity contribution is 7.11. The van der Waals surface area contributed by atoms with Crippen LogP contribution >= 0.6 is 11.3 Å². The molecule has 2 amide bonds. The zero-order valence-corrected chi connectivity index (χ0v) is 17.2. The average Bonchev–Trinajstić information content (AvgIpc) is 3.27. The van der Waals surface area contributed by atoms with Crippen LogP contribution in [0.5, 0.6) is 5.75 Å². The first kappa shape index (κ1) is 18.7. The molecule has 0 N–H and O–H groups in total. The lowest BCUT2D eigenvalue weighted by Crippen LogP contribution is -2.42. The number of piperidine rings is 1. The van der Waals surface area contributed by atoms with E-state index in [1.54, 1.807) is 19.2 Å². The van der Waals surface area contributed by atoms with Gasteiger partial charge in [0.25, 0.3) is 11.8 Å². The highest BCUT2D eigenvalue weighted by Crippen LogP contribution is 2.40. The first-order valence-electron chi connectivity index (χ1n) is 9.56. The first-order valence-corrected chi connectivity index (χ1v) is 10.4. The molecule has 1 aromatic heterocycles. The molecule has 0 saturated carbocycles. The second-order valence-corrected chi connectivity index (χ2v) is 8.62. The van der Waals surface area contributed by atoms with Gasteiger partial charge in [-0.1, -0.05) is 32.0 Å². The molecule has 1 fully saturated rings. The molecule has 4 rings (SSSR count). The fourth-order valence-corrected chi connectivity index (χ4v) is 5.10. The van der Waals surface area contributed by atoms with Crippen LogP contribution in [-0.4, -0.2) is 36.9 Å². The predicted octanol–water partition coefficient (Wildman–Crippen LogP) is 4.02. The Bertz CT molecular complexity index is 925. The van der Waals surface area contributed by atoms with E-state index in [1.165, 1.54) is 16.2 Å². The number of nitrogens with zero attached hydrogens (tertiary/aromatic N) is 2. The summed E-state index contributed by atoms with van der Waals surface area (Å²) in [5.74, 6) is 0.918. The summed E-state index contributed by atoms with van der Waals surface area (Å²) in [5, 5.41) is 1.94. The van der Waals surface area contributed by atoms with Crippen molar-refractivity contribution in [1.82, 2.24) is 4.90 Å². The molecule has 2 aromatic rings. The van der Waals surface area contributed by atoms with E-state index in [-0.39, 0.29) is 11.8 Å². The van der Waals surface area contributed by atoms with Crippen LogP contribution in [0, 0.1) is 11.8 Å². The van der Waals surface area contributed by atoms with Crippen molar-refractivity contribution in [2.75, 3.05) is 25.1 Å². The molecule has 1 saturated heterocycles. The largest absolute Gasteiger partial charge is 0.495 e. The fourth-order valence-electron chi connectivity index (χ4n) is 4.33. The molecule has 0 spiro atoms. The number of carbonyl (C=O) groups is 2. The van der Waals surface area contributed by atoms with Gasteiger partial charge in [-0.25, -0.2) is 4.90 Å². The maximum absolute atomic E-state index is 13.6. The highest BCUT2D eigenvalue weighted by atomic mass is 32.1. The van der Waals surface area contributed by atoms with E-state index >= 15 is 0 Å². The molecule has 3 heterocycles.